The number of imide groups is 1. The van der Waals surface area contributed by atoms with Gasteiger partial charge >= 0.3 is 12.0 Å². The van der Waals surface area contributed by atoms with E-state index in [-0.39, 0.29) is 0 Å². The number of aryl methyl sites for hydroxylation is 1. The van der Waals surface area contributed by atoms with E-state index in [1.807, 2.05) is 23.0 Å². The molecule has 3 N–H and O–H groups in total. The maximum atomic E-state index is 13.0. The first-order chi connectivity index (χ1) is 13.3. The smallest absolute Gasteiger partial charge is 0.326 e. The molecule has 1 fully saturated rings. The van der Waals surface area contributed by atoms with Gasteiger partial charge in [-0.1, -0.05) is 24.3 Å². The van der Waals surface area contributed by atoms with E-state index < -0.39 is 48.4 Å². The van der Waals surface area contributed by atoms with Gasteiger partial charge in [0.05, 0.1) is 0 Å². The zero-order valence-electron chi connectivity index (χ0n) is 15.2. The Morgan fingerprint density at radius 3 is 2.71 bits per heavy atom. The van der Waals surface area contributed by atoms with E-state index in [9.17, 15) is 24.0 Å². The number of esters is 1. The topological polar surface area (TPSA) is 134 Å². The van der Waals surface area contributed by atoms with Crippen LogP contribution in [0, 0.1) is 0 Å². The van der Waals surface area contributed by atoms with Crippen molar-refractivity contribution in [1.29, 1.82) is 0 Å². The summed E-state index contributed by atoms with van der Waals surface area (Å²) >= 11 is 0. The van der Waals surface area contributed by atoms with Gasteiger partial charge in [0.15, 0.2) is 6.61 Å². The molecule has 1 saturated heterocycles. The van der Waals surface area contributed by atoms with Crippen molar-refractivity contribution in [3.8, 4) is 0 Å². The van der Waals surface area contributed by atoms with Crippen LogP contribution in [-0.4, -0.2) is 47.8 Å². The average Bonchev–Trinajstić information content (AvgIpc) is 2.90. The van der Waals surface area contributed by atoms with Crippen LogP contribution in [0.5, 0.6) is 0 Å². The van der Waals surface area contributed by atoms with Crippen LogP contribution in [0.3, 0.4) is 0 Å². The summed E-state index contributed by atoms with van der Waals surface area (Å²) in [5, 5.41) is 2.73. The minimum absolute atomic E-state index is 0.444. The van der Waals surface area contributed by atoms with Crippen LogP contribution in [0.2, 0.25) is 0 Å². The first kappa shape index (κ1) is 19.3. The molecule has 1 aromatic carbocycles. The monoisotopic (exact) mass is 388 g/mol. The number of urea groups is 1. The lowest BCUT2D eigenvalue weighted by molar-refractivity contribution is -0.151. The Morgan fingerprint density at radius 2 is 1.96 bits per heavy atom. The number of hydrogen-bond donors (Lipinski definition) is 3. The fourth-order valence-electron chi connectivity index (χ4n) is 3.47. The van der Waals surface area contributed by atoms with Crippen LogP contribution in [0.25, 0.3) is 0 Å². The van der Waals surface area contributed by atoms with Crippen molar-refractivity contribution in [2.24, 2.45) is 0 Å². The molecule has 28 heavy (non-hydrogen) atoms. The minimum Gasteiger partial charge on any atom is -0.454 e. The fraction of sp³-hybridized carbons (Fsp3) is 0.389. The van der Waals surface area contributed by atoms with Crippen molar-refractivity contribution in [3.63, 3.8) is 0 Å². The Labute approximate surface area is 160 Å². The largest absolute Gasteiger partial charge is 0.454 e. The van der Waals surface area contributed by atoms with Gasteiger partial charge in [-0.2, -0.15) is 0 Å². The molecule has 10 nitrogen and oxygen atoms in total. The summed E-state index contributed by atoms with van der Waals surface area (Å²) < 4.78 is 4.76. The van der Waals surface area contributed by atoms with Crippen molar-refractivity contribution in [2.45, 2.75) is 31.7 Å². The molecule has 1 atom stereocenters. The summed E-state index contributed by atoms with van der Waals surface area (Å²) in [6.45, 7) is -0.0676. The Balaban J connectivity index is 1.64. The summed E-state index contributed by atoms with van der Waals surface area (Å²) in [6.07, 6.45) is 1.98. The zero-order valence-corrected chi connectivity index (χ0v) is 15.2. The number of carbonyl (C=O) groups excluding carboxylic acids is 5. The second kappa shape index (κ2) is 7.67. The summed E-state index contributed by atoms with van der Waals surface area (Å²) in [7, 11) is 0. The van der Waals surface area contributed by atoms with Gasteiger partial charge in [0, 0.05) is 6.92 Å². The molecule has 3 rings (SSSR count). The van der Waals surface area contributed by atoms with Crippen LogP contribution in [0.4, 0.5) is 4.79 Å². The van der Waals surface area contributed by atoms with Crippen molar-refractivity contribution in [1.82, 2.24) is 21.1 Å². The molecular weight excluding hydrogens is 368 g/mol. The molecule has 1 aliphatic carbocycles. The molecule has 0 aromatic heterocycles. The second-order valence-corrected chi connectivity index (χ2v) is 6.63. The minimum atomic E-state index is -1.17. The normalized spacial score (nSPS) is 20.4. The third-order valence-corrected chi connectivity index (χ3v) is 4.68. The van der Waals surface area contributed by atoms with Gasteiger partial charge in [-0.25, -0.2) is 4.79 Å². The van der Waals surface area contributed by atoms with Gasteiger partial charge in [-0.05, 0) is 30.4 Å². The standard InChI is InChI=1S/C18H20N4O6/c1-11(23)20-21-14(24)10-28-15(25)9-22-16(26)18(19-17(22)27)8-4-6-12-5-2-3-7-13(12)18/h2-3,5,7H,4,6,8-10H2,1H3,(H,19,27)(H,20,23)(H,21,24)/t18-/m0/s1. The Bertz CT molecular complexity index is 854. The van der Waals surface area contributed by atoms with Crippen molar-refractivity contribution in [3.05, 3.63) is 35.4 Å². The number of fused-ring (bicyclic) bond motifs is 2. The maximum absolute atomic E-state index is 13.0. The van der Waals surface area contributed by atoms with Crippen LogP contribution in [-0.2, 0) is 35.9 Å². The molecule has 1 spiro atoms. The van der Waals surface area contributed by atoms with Crippen LogP contribution in [0.15, 0.2) is 24.3 Å². The fourth-order valence-corrected chi connectivity index (χ4v) is 3.47. The van der Waals surface area contributed by atoms with E-state index in [2.05, 4.69) is 5.32 Å². The molecule has 1 aliphatic heterocycles. The zero-order chi connectivity index (χ0) is 20.3. The number of rotatable bonds is 4. The third-order valence-electron chi connectivity index (χ3n) is 4.68. The third kappa shape index (κ3) is 3.66. The van der Waals surface area contributed by atoms with Gasteiger partial charge in [0.1, 0.15) is 12.1 Å². The van der Waals surface area contributed by atoms with Gasteiger partial charge < -0.3 is 10.1 Å². The number of ether oxygens (including phenoxy) is 1. The molecular formula is C18H20N4O6. The van der Waals surface area contributed by atoms with Crippen molar-refractivity contribution >= 4 is 29.7 Å². The second-order valence-electron chi connectivity index (χ2n) is 6.63. The van der Waals surface area contributed by atoms with Crippen LogP contribution >= 0.6 is 0 Å². The van der Waals surface area contributed by atoms with E-state index in [1.54, 1.807) is 12.1 Å². The van der Waals surface area contributed by atoms with E-state index in [0.717, 1.165) is 28.9 Å². The van der Waals surface area contributed by atoms with Gasteiger partial charge in [0.2, 0.25) is 5.91 Å². The van der Waals surface area contributed by atoms with E-state index in [1.165, 1.54) is 6.92 Å². The summed E-state index contributed by atoms with van der Waals surface area (Å²) in [4.78, 5) is 60.3. The highest BCUT2D eigenvalue weighted by Gasteiger charge is 2.54. The number of nitrogens with one attached hydrogen (secondary N) is 3. The van der Waals surface area contributed by atoms with E-state index in [0.29, 0.717) is 6.42 Å². The van der Waals surface area contributed by atoms with Gasteiger partial charge in [-0.3, -0.25) is 34.9 Å². The number of hydrazine groups is 1. The maximum Gasteiger partial charge on any atom is 0.326 e. The van der Waals surface area contributed by atoms with Crippen molar-refractivity contribution < 1.29 is 28.7 Å². The number of hydrogen-bond acceptors (Lipinski definition) is 6. The van der Waals surface area contributed by atoms with E-state index in [4.69, 9.17) is 4.74 Å². The average molecular weight is 388 g/mol. The summed E-state index contributed by atoms with van der Waals surface area (Å²) in [6, 6.07) is 6.72. The molecule has 0 unspecified atom stereocenters. The van der Waals surface area contributed by atoms with Crippen LogP contribution < -0.4 is 16.2 Å². The van der Waals surface area contributed by atoms with E-state index >= 15 is 0 Å². The first-order valence-electron chi connectivity index (χ1n) is 8.77. The predicted molar refractivity (Wildman–Crippen MR) is 94.2 cm³/mol. The molecule has 1 aromatic rings. The number of amides is 5. The molecule has 0 bridgehead atoms. The lowest BCUT2D eigenvalue weighted by atomic mass is 9.76. The Kier molecular flexibility index (Phi) is 5.30. The highest BCUT2D eigenvalue weighted by Crippen LogP contribution is 2.39. The lowest BCUT2D eigenvalue weighted by Gasteiger charge is -2.33. The lowest BCUT2D eigenvalue weighted by Crippen LogP contribution is -2.47. The highest BCUT2D eigenvalue weighted by molar-refractivity contribution is 6.09. The molecule has 10 heteroatoms. The Hall–Kier alpha value is -3.43. The number of carbonyl (C=O) groups is 5. The molecule has 0 radical (unpaired) electrons. The molecule has 1 heterocycles. The molecule has 2 aliphatic rings. The molecule has 5 amide bonds. The van der Waals surface area contributed by atoms with Crippen LogP contribution in [0.1, 0.15) is 30.9 Å². The summed E-state index contributed by atoms with van der Waals surface area (Å²) in [5.74, 6) is -2.66. The summed E-state index contributed by atoms with van der Waals surface area (Å²) in [5.41, 5.74) is 4.63. The highest BCUT2D eigenvalue weighted by atomic mass is 16.5. The number of benzene rings is 1. The predicted octanol–water partition coefficient (Wildman–Crippen LogP) is -0.519. The first-order valence-corrected chi connectivity index (χ1v) is 8.77. The Morgan fingerprint density at radius 1 is 1.21 bits per heavy atom. The van der Waals surface area contributed by atoms with Gasteiger partial charge in [0.25, 0.3) is 11.8 Å². The number of nitrogens with zero attached hydrogens (tertiary/aromatic N) is 1. The van der Waals surface area contributed by atoms with Crippen molar-refractivity contribution in [2.75, 3.05) is 13.2 Å². The molecule has 148 valence electrons. The van der Waals surface area contributed by atoms with Gasteiger partial charge in [-0.15, -0.1) is 0 Å². The molecule has 0 saturated carbocycles. The quantitative estimate of drug-likeness (QED) is 0.361. The SMILES string of the molecule is CC(=O)NNC(=O)COC(=O)CN1C(=O)N[C@]2(CCCc3ccccc32)C1=O.